The summed E-state index contributed by atoms with van der Waals surface area (Å²) in [7, 11) is 0. The Kier molecular flexibility index (Phi) is 8.42. The van der Waals surface area contributed by atoms with E-state index in [0.717, 1.165) is 77.3 Å². The molecule has 5 nitrogen and oxygen atoms in total. The highest BCUT2D eigenvalue weighted by Crippen LogP contribution is 2.43. The van der Waals surface area contributed by atoms with Crippen LogP contribution < -0.4 is 0 Å². The Morgan fingerprint density at radius 2 is 0.710 bits per heavy atom. The van der Waals surface area contributed by atoms with E-state index in [1.807, 2.05) is 24.3 Å². The first-order chi connectivity index (χ1) is 30.8. The zero-order chi connectivity index (χ0) is 41.0. The Morgan fingerprint density at radius 3 is 1.34 bits per heavy atom. The van der Waals surface area contributed by atoms with Crippen LogP contribution in [0.1, 0.15) is 0 Å². The Balaban J connectivity index is 1.17. The van der Waals surface area contributed by atoms with E-state index in [-0.39, 0.29) is 0 Å². The third-order valence-corrected chi connectivity index (χ3v) is 12.0. The summed E-state index contributed by atoms with van der Waals surface area (Å²) in [5.41, 5.74) is 14.1. The van der Waals surface area contributed by atoms with E-state index < -0.39 is 0 Å². The van der Waals surface area contributed by atoms with Crippen molar-refractivity contribution in [2.24, 2.45) is 0 Å². The second-order valence-corrected chi connectivity index (χ2v) is 15.6. The lowest BCUT2D eigenvalue weighted by Crippen LogP contribution is -2.07. The van der Waals surface area contributed by atoms with Gasteiger partial charge in [-0.3, -0.25) is 4.57 Å². The number of nitrogens with zero attached hydrogens (tertiary/aromatic N) is 5. The highest BCUT2D eigenvalue weighted by Gasteiger charge is 2.24. The summed E-state index contributed by atoms with van der Waals surface area (Å²) >= 11 is 0. The molecule has 290 valence electrons. The van der Waals surface area contributed by atoms with Gasteiger partial charge in [-0.05, 0) is 58.1 Å². The van der Waals surface area contributed by atoms with E-state index in [1.54, 1.807) is 0 Å². The molecule has 0 aliphatic rings. The van der Waals surface area contributed by atoms with Crippen molar-refractivity contribution in [3.63, 3.8) is 0 Å². The monoisotopic (exact) mass is 791 g/mol. The largest absolute Gasteiger partial charge is 0.307 e. The highest BCUT2D eigenvalue weighted by atomic mass is 15.2. The van der Waals surface area contributed by atoms with Crippen molar-refractivity contribution in [2.75, 3.05) is 0 Å². The van der Waals surface area contributed by atoms with Crippen LogP contribution in [0.3, 0.4) is 0 Å². The summed E-state index contributed by atoms with van der Waals surface area (Å²) in [6.07, 6.45) is 0. The number of benzene rings is 9. The number of rotatable bonds is 7. The van der Waals surface area contributed by atoms with Gasteiger partial charge in [-0.25, -0.2) is 4.98 Å². The van der Waals surface area contributed by atoms with Gasteiger partial charge >= 0.3 is 0 Å². The molecule has 0 bridgehead atoms. The minimum Gasteiger partial charge on any atom is -0.307 e. The van der Waals surface area contributed by atoms with Gasteiger partial charge in [0.15, 0.2) is 11.6 Å². The van der Waals surface area contributed by atoms with Gasteiger partial charge in [0.05, 0.1) is 27.8 Å². The lowest BCUT2D eigenvalue weighted by Gasteiger charge is -2.16. The smallest absolute Gasteiger partial charge is 0.238 e. The number of hydrogen-bond acceptors (Lipinski definition) is 3. The highest BCUT2D eigenvalue weighted by molar-refractivity contribution is 6.24. The maximum Gasteiger partial charge on any atom is 0.238 e. The molecule has 5 heteroatoms. The average Bonchev–Trinajstić information content (AvgIpc) is 3.88. The van der Waals surface area contributed by atoms with Crippen molar-refractivity contribution in [1.29, 1.82) is 0 Å². The zero-order valence-electron chi connectivity index (χ0n) is 33.6. The minimum absolute atomic E-state index is 0.554. The quantitative estimate of drug-likeness (QED) is 0.162. The molecule has 0 radical (unpaired) electrons. The molecule has 0 saturated heterocycles. The van der Waals surface area contributed by atoms with E-state index in [0.29, 0.717) is 17.6 Å². The number of aromatic nitrogens is 5. The third kappa shape index (κ3) is 5.90. The fourth-order valence-electron chi connectivity index (χ4n) is 9.15. The van der Waals surface area contributed by atoms with Crippen molar-refractivity contribution in [2.45, 2.75) is 0 Å². The third-order valence-electron chi connectivity index (χ3n) is 12.0. The molecule has 12 aromatic rings. The van der Waals surface area contributed by atoms with Crippen molar-refractivity contribution in [1.82, 2.24) is 24.1 Å². The van der Waals surface area contributed by atoms with Crippen molar-refractivity contribution in [3.8, 4) is 67.8 Å². The first kappa shape index (κ1) is 35.5. The molecule has 0 unspecified atom stereocenters. The zero-order valence-corrected chi connectivity index (χ0v) is 33.6. The molecule has 0 aliphatic carbocycles. The van der Waals surface area contributed by atoms with Crippen LogP contribution in [0.5, 0.6) is 0 Å². The number of para-hydroxylation sites is 3. The number of fused-ring (bicyclic) bond motifs is 7. The van der Waals surface area contributed by atoms with Crippen molar-refractivity contribution in [3.05, 3.63) is 224 Å². The molecule has 9 aromatic carbocycles. The van der Waals surface area contributed by atoms with E-state index in [9.17, 15) is 0 Å². The minimum atomic E-state index is 0.554. The van der Waals surface area contributed by atoms with Gasteiger partial charge in [-0.15, -0.1) is 0 Å². The molecule has 3 aromatic heterocycles. The van der Waals surface area contributed by atoms with Gasteiger partial charge in [0.1, 0.15) is 0 Å². The van der Waals surface area contributed by atoms with Gasteiger partial charge < -0.3 is 4.57 Å². The standard InChI is InChI=1S/C57H37N5/c1-4-18-38(19-5-1)41-24-16-26-43(36-41)45-28-10-13-31-50(45)61-51-32-14-11-29-46(51)48-34-35-49-47-30-12-15-33-52(47)62(54(49)53(48)61)57-59-55(40-22-8-3-9-23-40)58-56(60-57)44-27-17-25-42(37-44)39-20-6-2-7-21-39/h1-37H. The van der Waals surface area contributed by atoms with Crippen LogP contribution in [0.4, 0.5) is 0 Å². The van der Waals surface area contributed by atoms with Crippen LogP contribution in [0.25, 0.3) is 111 Å². The molecule has 0 fully saturated rings. The van der Waals surface area contributed by atoms with Crippen LogP contribution in [0, 0.1) is 0 Å². The van der Waals surface area contributed by atoms with Crippen LogP contribution in [0.2, 0.25) is 0 Å². The Hall–Kier alpha value is -8.41. The van der Waals surface area contributed by atoms with Crippen LogP contribution in [-0.2, 0) is 0 Å². The van der Waals surface area contributed by atoms with Crippen LogP contribution in [-0.4, -0.2) is 24.1 Å². The van der Waals surface area contributed by atoms with E-state index in [4.69, 9.17) is 15.0 Å². The topological polar surface area (TPSA) is 48.5 Å². The first-order valence-electron chi connectivity index (χ1n) is 21.0. The maximum absolute atomic E-state index is 5.40. The van der Waals surface area contributed by atoms with E-state index >= 15 is 0 Å². The number of hydrogen-bond donors (Lipinski definition) is 0. The lowest BCUT2D eigenvalue weighted by molar-refractivity contribution is 0.953. The molecule has 0 N–H and O–H groups in total. The Labute approximate surface area is 358 Å². The predicted octanol–water partition coefficient (Wildman–Crippen LogP) is 14.4. The van der Waals surface area contributed by atoms with Gasteiger partial charge in [-0.2, -0.15) is 9.97 Å². The SMILES string of the molecule is c1ccc(-c2cccc(-c3nc(-c4ccccc4)nc(-n4c5ccccc5c5ccc6c7ccccc7n(-c7ccccc7-c7cccc(-c8ccccc8)c7)c6c54)n3)c2)cc1. The summed E-state index contributed by atoms with van der Waals surface area (Å²) in [5.74, 6) is 1.77. The molecule has 0 aliphatic heterocycles. The molecular formula is C57H37N5. The Morgan fingerprint density at radius 1 is 0.274 bits per heavy atom. The molecule has 0 amide bonds. The van der Waals surface area contributed by atoms with Crippen LogP contribution in [0.15, 0.2) is 224 Å². The summed E-state index contributed by atoms with van der Waals surface area (Å²) in [6.45, 7) is 0. The van der Waals surface area contributed by atoms with Gasteiger partial charge in [-0.1, -0.05) is 194 Å². The molecule has 0 spiro atoms. The summed E-state index contributed by atoms with van der Waals surface area (Å²) in [4.78, 5) is 15.9. The summed E-state index contributed by atoms with van der Waals surface area (Å²) in [6, 6.07) is 79.3. The van der Waals surface area contributed by atoms with Crippen LogP contribution >= 0.6 is 0 Å². The van der Waals surface area contributed by atoms with Gasteiger partial charge in [0.2, 0.25) is 5.95 Å². The lowest BCUT2D eigenvalue weighted by atomic mass is 9.98. The maximum atomic E-state index is 5.40. The van der Waals surface area contributed by atoms with Crippen molar-refractivity contribution >= 4 is 43.6 Å². The second kappa shape index (κ2) is 14.7. The Bertz CT molecular complexity index is 3620. The summed E-state index contributed by atoms with van der Waals surface area (Å²) < 4.78 is 4.72. The van der Waals surface area contributed by atoms with E-state index in [1.165, 1.54) is 16.5 Å². The summed E-state index contributed by atoms with van der Waals surface area (Å²) in [5, 5.41) is 4.57. The second-order valence-electron chi connectivity index (χ2n) is 15.6. The molecular weight excluding hydrogens is 755 g/mol. The molecule has 62 heavy (non-hydrogen) atoms. The average molecular weight is 792 g/mol. The molecule has 12 rings (SSSR count). The first-order valence-corrected chi connectivity index (χ1v) is 21.0. The normalized spacial score (nSPS) is 11.5. The molecule has 3 heterocycles. The van der Waals surface area contributed by atoms with Crippen molar-refractivity contribution < 1.29 is 0 Å². The van der Waals surface area contributed by atoms with Gasteiger partial charge in [0.25, 0.3) is 0 Å². The molecule has 0 atom stereocenters. The fourth-order valence-corrected chi connectivity index (χ4v) is 9.15. The van der Waals surface area contributed by atoms with Gasteiger partial charge in [0, 0.05) is 38.2 Å². The van der Waals surface area contributed by atoms with E-state index in [2.05, 4.69) is 209 Å². The molecule has 0 saturated carbocycles. The predicted molar refractivity (Wildman–Crippen MR) is 256 cm³/mol. The fraction of sp³-hybridized carbons (Fsp3) is 0.